The number of carbonyl (C=O) groups is 1. The number of hydrogen-bond acceptors (Lipinski definition) is 3. The van der Waals surface area contributed by atoms with E-state index in [4.69, 9.17) is 16.2 Å². The van der Waals surface area contributed by atoms with Gasteiger partial charge in [0, 0.05) is 0 Å². The summed E-state index contributed by atoms with van der Waals surface area (Å²) in [6.07, 6.45) is 0. The van der Waals surface area contributed by atoms with E-state index in [2.05, 4.69) is 0 Å². The van der Waals surface area contributed by atoms with Crippen molar-refractivity contribution in [1.29, 1.82) is 0 Å². The van der Waals surface area contributed by atoms with Gasteiger partial charge in [0.05, 0.1) is 0 Å². The van der Waals surface area contributed by atoms with E-state index in [1.807, 2.05) is 6.07 Å². The number of primary amides is 1. The normalized spacial score (nSPS) is 13.5. The lowest BCUT2D eigenvalue weighted by Crippen LogP contribution is -2.53. The number of amides is 1. The summed E-state index contributed by atoms with van der Waals surface area (Å²) >= 11 is 0. The summed E-state index contributed by atoms with van der Waals surface area (Å²) in [5.74, 6) is -0.576. The van der Waals surface area contributed by atoms with E-state index in [0.717, 1.165) is 0 Å². The van der Waals surface area contributed by atoms with E-state index in [0.29, 0.717) is 16.9 Å². The Balaban J connectivity index is 2.21. The van der Waals surface area contributed by atoms with E-state index in [9.17, 15) is 9.18 Å². The molecule has 0 spiro atoms. The Kier molecular flexibility index (Phi) is 4.23. The van der Waals surface area contributed by atoms with E-state index in [-0.39, 0.29) is 12.4 Å². The van der Waals surface area contributed by atoms with Crippen molar-refractivity contribution in [2.45, 2.75) is 12.5 Å². The highest BCUT2D eigenvalue weighted by Gasteiger charge is 2.35. The molecule has 2 rings (SSSR count). The summed E-state index contributed by atoms with van der Waals surface area (Å²) in [4.78, 5) is 11.7. The van der Waals surface area contributed by atoms with Crippen molar-refractivity contribution in [3.8, 4) is 5.75 Å². The molecule has 0 fully saturated rings. The highest BCUT2D eigenvalue weighted by molar-refractivity contribution is 5.86. The van der Waals surface area contributed by atoms with Crippen LogP contribution in [0, 0.1) is 12.7 Å². The predicted molar refractivity (Wildman–Crippen MR) is 78.1 cm³/mol. The lowest BCUT2D eigenvalue weighted by atomic mass is 9.91. The molecule has 1 amide bonds. The third kappa shape index (κ3) is 3.20. The molecule has 2 aromatic rings. The molecule has 0 radical (unpaired) electrons. The minimum Gasteiger partial charge on any atom is -0.491 e. The van der Waals surface area contributed by atoms with Crippen LogP contribution in [0.2, 0.25) is 0 Å². The third-order valence-electron chi connectivity index (χ3n) is 3.32. The van der Waals surface area contributed by atoms with Gasteiger partial charge >= 0.3 is 0 Å². The number of carbonyl (C=O) groups excluding carboxylic acids is 1. The summed E-state index contributed by atoms with van der Waals surface area (Å²) in [6, 6.07) is 13.1. The van der Waals surface area contributed by atoms with Crippen LogP contribution in [0.3, 0.4) is 0 Å². The van der Waals surface area contributed by atoms with Crippen LogP contribution >= 0.6 is 0 Å². The molecular formula is C16H17FN2O2. The van der Waals surface area contributed by atoms with Crippen LogP contribution in [-0.4, -0.2) is 12.5 Å². The molecule has 0 aromatic heterocycles. The standard InChI is InChI=1S/C16H17FN2O2/c1-11-9-13(7-8-14(11)17)21-10-16(19,15(18)20)12-5-3-2-4-6-12/h2-9H,10,19H2,1H3,(H2,18,20). The topological polar surface area (TPSA) is 78.3 Å². The molecule has 0 bridgehead atoms. The average molecular weight is 288 g/mol. The fourth-order valence-electron chi connectivity index (χ4n) is 1.94. The molecule has 110 valence electrons. The number of hydrogen-bond donors (Lipinski definition) is 2. The van der Waals surface area contributed by atoms with Crippen molar-refractivity contribution in [3.05, 3.63) is 65.5 Å². The van der Waals surface area contributed by atoms with Gasteiger partial charge < -0.3 is 16.2 Å². The van der Waals surface area contributed by atoms with Crippen LogP contribution in [0.15, 0.2) is 48.5 Å². The molecule has 0 saturated carbocycles. The van der Waals surface area contributed by atoms with Gasteiger partial charge in [-0.05, 0) is 36.2 Å². The van der Waals surface area contributed by atoms with Gasteiger partial charge in [-0.3, -0.25) is 4.79 Å². The zero-order chi connectivity index (χ0) is 15.5. The second-order valence-corrected chi connectivity index (χ2v) is 4.90. The molecular weight excluding hydrogens is 271 g/mol. The van der Waals surface area contributed by atoms with Crippen LogP contribution in [-0.2, 0) is 10.3 Å². The largest absolute Gasteiger partial charge is 0.491 e. The first-order valence-electron chi connectivity index (χ1n) is 6.47. The second kappa shape index (κ2) is 5.93. The molecule has 4 nitrogen and oxygen atoms in total. The van der Waals surface area contributed by atoms with Gasteiger partial charge in [0.15, 0.2) is 5.54 Å². The molecule has 1 atom stereocenters. The van der Waals surface area contributed by atoms with Crippen LogP contribution in [0.25, 0.3) is 0 Å². The maximum Gasteiger partial charge on any atom is 0.245 e. The van der Waals surface area contributed by atoms with Crippen LogP contribution in [0.4, 0.5) is 4.39 Å². The second-order valence-electron chi connectivity index (χ2n) is 4.90. The SMILES string of the molecule is Cc1cc(OCC(N)(C(N)=O)c2ccccc2)ccc1F. The van der Waals surface area contributed by atoms with Crippen LogP contribution < -0.4 is 16.2 Å². The Labute approximate surface area is 122 Å². The summed E-state index contributed by atoms with van der Waals surface area (Å²) in [7, 11) is 0. The van der Waals surface area contributed by atoms with Gasteiger partial charge in [-0.25, -0.2) is 4.39 Å². The number of aryl methyl sites for hydroxylation is 1. The van der Waals surface area contributed by atoms with Gasteiger partial charge in [-0.1, -0.05) is 30.3 Å². The number of benzene rings is 2. The zero-order valence-electron chi connectivity index (χ0n) is 11.7. The van der Waals surface area contributed by atoms with Crippen molar-refractivity contribution >= 4 is 5.91 Å². The Morgan fingerprint density at radius 3 is 2.48 bits per heavy atom. The minimum atomic E-state index is -1.44. The summed E-state index contributed by atoms with van der Waals surface area (Å²) in [6.45, 7) is 1.50. The maximum absolute atomic E-state index is 13.2. The third-order valence-corrected chi connectivity index (χ3v) is 3.32. The van der Waals surface area contributed by atoms with E-state index in [1.165, 1.54) is 12.1 Å². The van der Waals surface area contributed by atoms with Gasteiger partial charge in [-0.2, -0.15) is 0 Å². The van der Waals surface area contributed by atoms with Gasteiger partial charge in [0.1, 0.15) is 18.2 Å². The highest BCUT2D eigenvalue weighted by atomic mass is 19.1. The molecule has 4 N–H and O–H groups in total. The first-order chi connectivity index (χ1) is 9.93. The minimum absolute atomic E-state index is 0.128. The highest BCUT2D eigenvalue weighted by Crippen LogP contribution is 2.22. The van der Waals surface area contributed by atoms with Crippen molar-refractivity contribution in [3.63, 3.8) is 0 Å². The smallest absolute Gasteiger partial charge is 0.245 e. The van der Waals surface area contributed by atoms with E-state index in [1.54, 1.807) is 37.3 Å². The molecule has 0 saturated heterocycles. The Morgan fingerprint density at radius 2 is 1.90 bits per heavy atom. The number of ether oxygens (including phenoxy) is 1. The van der Waals surface area contributed by atoms with Crippen LogP contribution in [0.5, 0.6) is 5.75 Å². The Bertz CT molecular complexity index is 646. The van der Waals surface area contributed by atoms with Crippen LogP contribution in [0.1, 0.15) is 11.1 Å². The maximum atomic E-state index is 13.2. The summed E-state index contributed by atoms with van der Waals surface area (Å²) in [5, 5.41) is 0. The first kappa shape index (κ1) is 15.0. The van der Waals surface area contributed by atoms with E-state index >= 15 is 0 Å². The van der Waals surface area contributed by atoms with Gasteiger partial charge in [0.25, 0.3) is 0 Å². The molecule has 0 heterocycles. The predicted octanol–water partition coefficient (Wildman–Crippen LogP) is 1.85. The number of rotatable bonds is 5. The number of halogens is 1. The molecule has 2 aromatic carbocycles. The van der Waals surface area contributed by atoms with Crippen molar-refractivity contribution in [2.24, 2.45) is 11.5 Å². The van der Waals surface area contributed by atoms with Crippen molar-refractivity contribution in [2.75, 3.05) is 6.61 Å². The Hall–Kier alpha value is -2.40. The molecule has 0 aliphatic rings. The first-order valence-corrected chi connectivity index (χ1v) is 6.47. The molecule has 0 aliphatic heterocycles. The summed E-state index contributed by atoms with van der Waals surface area (Å²) < 4.78 is 18.7. The van der Waals surface area contributed by atoms with Gasteiger partial charge in [-0.15, -0.1) is 0 Å². The average Bonchev–Trinajstić information content (AvgIpc) is 2.49. The molecule has 5 heteroatoms. The quantitative estimate of drug-likeness (QED) is 0.881. The molecule has 21 heavy (non-hydrogen) atoms. The van der Waals surface area contributed by atoms with Crippen molar-refractivity contribution in [1.82, 2.24) is 0 Å². The van der Waals surface area contributed by atoms with Crippen molar-refractivity contribution < 1.29 is 13.9 Å². The lowest BCUT2D eigenvalue weighted by molar-refractivity contribution is -0.124. The lowest BCUT2D eigenvalue weighted by Gasteiger charge is -2.26. The molecule has 0 aliphatic carbocycles. The Morgan fingerprint density at radius 1 is 1.24 bits per heavy atom. The zero-order valence-corrected chi connectivity index (χ0v) is 11.7. The number of nitrogens with two attached hydrogens (primary N) is 2. The fraction of sp³-hybridized carbons (Fsp3) is 0.188. The molecule has 1 unspecified atom stereocenters. The summed E-state index contributed by atoms with van der Waals surface area (Å²) in [5.41, 5.74) is 11.1. The van der Waals surface area contributed by atoms with E-state index < -0.39 is 11.4 Å². The fourth-order valence-corrected chi connectivity index (χ4v) is 1.94. The van der Waals surface area contributed by atoms with Gasteiger partial charge in [0.2, 0.25) is 5.91 Å². The monoisotopic (exact) mass is 288 g/mol.